The van der Waals surface area contributed by atoms with Gasteiger partial charge < -0.3 is 24.1 Å². The van der Waals surface area contributed by atoms with Crippen molar-refractivity contribution in [3.63, 3.8) is 0 Å². The van der Waals surface area contributed by atoms with Gasteiger partial charge in [0.05, 0.1) is 6.61 Å². The Balaban J connectivity index is 1.03. The van der Waals surface area contributed by atoms with E-state index in [0.717, 1.165) is 29.3 Å². The van der Waals surface area contributed by atoms with Gasteiger partial charge in [0.15, 0.2) is 5.16 Å². The summed E-state index contributed by atoms with van der Waals surface area (Å²) in [7, 11) is 0. The lowest BCUT2D eigenvalue weighted by molar-refractivity contribution is 0.117. The van der Waals surface area contributed by atoms with E-state index < -0.39 is 0 Å². The molecule has 8 nitrogen and oxygen atoms in total. The Labute approximate surface area is 226 Å². The number of rotatable bonds is 9. The van der Waals surface area contributed by atoms with E-state index in [1.807, 2.05) is 72.9 Å². The lowest BCUT2D eigenvalue weighted by atomic mass is 9.98. The Bertz CT molecular complexity index is 1280. The van der Waals surface area contributed by atoms with Gasteiger partial charge in [0.25, 0.3) is 0 Å². The van der Waals surface area contributed by atoms with E-state index in [2.05, 4.69) is 21.9 Å². The molecule has 2 aromatic heterocycles. The first-order valence-corrected chi connectivity index (χ1v) is 13.5. The van der Waals surface area contributed by atoms with Gasteiger partial charge in [-0.25, -0.2) is 14.8 Å². The maximum absolute atomic E-state index is 12.7. The highest BCUT2D eigenvalue weighted by Crippen LogP contribution is 2.33. The molecule has 0 spiro atoms. The second-order valence-electron chi connectivity index (χ2n) is 9.07. The summed E-state index contributed by atoms with van der Waals surface area (Å²) >= 11 is 1.65. The third-order valence-corrected chi connectivity index (χ3v) is 7.43. The molecule has 1 N–H and O–H groups in total. The summed E-state index contributed by atoms with van der Waals surface area (Å²) in [5, 5.41) is 1.11. The van der Waals surface area contributed by atoms with Crippen molar-refractivity contribution in [2.24, 2.45) is 5.92 Å². The van der Waals surface area contributed by atoms with E-state index in [-0.39, 0.29) is 11.3 Å². The van der Waals surface area contributed by atoms with Gasteiger partial charge >= 0.3 is 6.09 Å². The quantitative estimate of drug-likeness (QED) is 0.240. The minimum atomic E-state index is -0.307. The summed E-state index contributed by atoms with van der Waals surface area (Å²) in [5.74, 6) is 2.99. The molecule has 0 bridgehead atoms. The monoisotopic (exact) mass is 530 g/mol. The number of thioether (sulfide) groups is 1. The van der Waals surface area contributed by atoms with Crippen LogP contribution in [0, 0.1) is 5.92 Å². The van der Waals surface area contributed by atoms with Crippen LogP contribution in [0.3, 0.4) is 0 Å². The Morgan fingerprint density at radius 3 is 2.39 bits per heavy atom. The van der Waals surface area contributed by atoms with Crippen LogP contribution in [0.5, 0.6) is 23.1 Å². The van der Waals surface area contributed by atoms with Crippen LogP contribution in [0.15, 0.2) is 90.5 Å². The summed E-state index contributed by atoms with van der Waals surface area (Å²) in [6, 6.07) is 20.7. The molecule has 196 valence electrons. The van der Waals surface area contributed by atoms with Crippen molar-refractivity contribution in [3.05, 3.63) is 90.9 Å². The number of hydrogen-bond acceptors (Lipinski definition) is 7. The minimum absolute atomic E-state index is 0.227. The molecule has 9 heteroatoms. The topological polar surface area (TPSA) is 89.6 Å². The van der Waals surface area contributed by atoms with Gasteiger partial charge in [0, 0.05) is 43.0 Å². The van der Waals surface area contributed by atoms with E-state index in [1.165, 1.54) is 0 Å². The summed E-state index contributed by atoms with van der Waals surface area (Å²) in [6.45, 7) is 4.03. The number of amides is 1. The smallest absolute Gasteiger partial charge is 0.415 e. The number of piperidine rings is 1. The number of likely N-dealkylation sites (tertiary alicyclic amines) is 1. The third kappa shape index (κ3) is 7.07. The molecule has 38 heavy (non-hydrogen) atoms. The molecule has 0 saturated carbocycles. The Hall–Kier alpha value is -3.98. The number of carbonyl (C=O) groups excluding carboxylic acids is 1. The first-order valence-electron chi connectivity index (χ1n) is 12.7. The van der Waals surface area contributed by atoms with Crippen molar-refractivity contribution in [2.75, 3.05) is 19.7 Å². The zero-order valence-electron chi connectivity index (χ0n) is 21.2. The number of aromatic amines is 1. The van der Waals surface area contributed by atoms with Crippen LogP contribution >= 0.6 is 11.8 Å². The number of H-pyrrole nitrogens is 1. The van der Waals surface area contributed by atoms with Crippen molar-refractivity contribution in [2.45, 2.75) is 30.2 Å². The normalized spacial score (nSPS) is 14.6. The number of nitrogens with zero attached hydrogens (tertiary/aromatic N) is 3. The van der Waals surface area contributed by atoms with Gasteiger partial charge in [-0.1, -0.05) is 30.0 Å². The molecule has 1 saturated heterocycles. The molecule has 1 aliphatic rings. The minimum Gasteiger partial charge on any atom is -0.493 e. The highest BCUT2D eigenvalue weighted by atomic mass is 32.2. The average Bonchev–Trinajstić information content (AvgIpc) is 3.47. The molecule has 1 unspecified atom stereocenters. The number of carbonyl (C=O) groups is 1. The predicted octanol–water partition coefficient (Wildman–Crippen LogP) is 6.74. The molecular formula is C29H30N4O4S. The molecular weight excluding hydrogens is 500 g/mol. The largest absolute Gasteiger partial charge is 0.493 e. The van der Waals surface area contributed by atoms with Crippen LogP contribution in [0.25, 0.3) is 0 Å². The Morgan fingerprint density at radius 2 is 1.71 bits per heavy atom. The van der Waals surface area contributed by atoms with Crippen LogP contribution in [-0.2, 0) is 0 Å². The first-order chi connectivity index (χ1) is 18.6. The molecule has 1 atom stereocenters. The lowest BCUT2D eigenvalue weighted by Crippen LogP contribution is -2.41. The zero-order chi connectivity index (χ0) is 26.2. The fraction of sp³-hybridized carbons (Fsp3) is 0.276. The van der Waals surface area contributed by atoms with Gasteiger partial charge in [-0.15, -0.1) is 0 Å². The van der Waals surface area contributed by atoms with E-state index in [4.69, 9.17) is 14.2 Å². The fourth-order valence-electron chi connectivity index (χ4n) is 4.15. The summed E-state index contributed by atoms with van der Waals surface area (Å²) in [6.07, 6.45) is 6.69. The zero-order valence-corrected chi connectivity index (χ0v) is 22.0. The highest BCUT2D eigenvalue weighted by Gasteiger charge is 2.24. The predicted molar refractivity (Wildman–Crippen MR) is 146 cm³/mol. The summed E-state index contributed by atoms with van der Waals surface area (Å²) in [5.41, 5.74) is 1.14. The van der Waals surface area contributed by atoms with Crippen molar-refractivity contribution in [1.29, 1.82) is 0 Å². The summed E-state index contributed by atoms with van der Waals surface area (Å²) in [4.78, 5) is 26.0. The second-order valence-corrected chi connectivity index (χ2v) is 10.4. The molecule has 1 amide bonds. The fourth-order valence-corrected chi connectivity index (χ4v) is 5.04. The van der Waals surface area contributed by atoms with Gasteiger partial charge in [0.1, 0.15) is 17.2 Å². The van der Waals surface area contributed by atoms with E-state index in [0.29, 0.717) is 43.0 Å². The maximum atomic E-state index is 12.7. The molecule has 0 radical (unpaired) electrons. The Kier molecular flexibility index (Phi) is 8.45. The van der Waals surface area contributed by atoms with Crippen molar-refractivity contribution < 1.29 is 19.0 Å². The molecule has 0 aliphatic carbocycles. The second kappa shape index (κ2) is 12.5. The molecule has 3 heterocycles. The lowest BCUT2D eigenvalue weighted by Gasteiger charge is -2.31. The number of pyridine rings is 1. The maximum Gasteiger partial charge on any atom is 0.415 e. The molecule has 4 aromatic rings. The molecule has 2 aromatic carbocycles. The van der Waals surface area contributed by atoms with E-state index >= 15 is 0 Å². The van der Waals surface area contributed by atoms with Crippen LogP contribution < -0.4 is 14.2 Å². The van der Waals surface area contributed by atoms with E-state index in [9.17, 15) is 4.79 Å². The van der Waals surface area contributed by atoms with Gasteiger partial charge in [-0.3, -0.25) is 0 Å². The molecule has 1 aliphatic heterocycles. The molecule has 1 fully saturated rings. The van der Waals surface area contributed by atoms with Gasteiger partial charge in [0.2, 0.25) is 5.88 Å². The SMILES string of the molecule is CC(Sc1ncc[nH]1)c1ccc(OC(=O)N2CCC(COc3ccc(Oc4ccccn4)cc3)CC2)cc1. The van der Waals surface area contributed by atoms with E-state index in [1.54, 1.807) is 29.1 Å². The third-order valence-electron chi connectivity index (χ3n) is 6.36. The van der Waals surface area contributed by atoms with Gasteiger partial charge in [-0.2, -0.15) is 0 Å². The van der Waals surface area contributed by atoms with Crippen LogP contribution in [0.2, 0.25) is 0 Å². The average molecular weight is 531 g/mol. The number of hydrogen-bond donors (Lipinski definition) is 1. The number of aromatic nitrogens is 3. The van der Waals surface area contributed by atoms with Crippen LogP contribution in [-0.4, -0.2) is 45.6 Å². The Morgan fingerprint density at radius 1 is 0.974 bits per heavy atom. The number of imidazole rings is 1. The van der Waals surface area contributed by atoms with Crippen LogP contribution in [0.1, 0.15) is 30.6 Å². The first kappa shape index (κ1) is 25.7. The summed E-state index contributed by atoms with van der Waals surface area (Å²) < 4.78 is 17.3. The number of ether oxygens (including phenoxy) is 3. The number of benzene rings is 2. The van der Waals surface area contributed by atoms with Gasteiger partial charge in [-0.05, 0) is 73.7 Å². The highest BCUT2D eigenvalue weighted by molar-refractivity contribution is 7.99. The van der Waals surface area contributed by atoms with Crippen molar-refractivity contribution >= 4 is 17.9 Å². The van der Waals surface area contributed by atoms with Crippen molar-refractivity contribution in [1.82, 2.24) is 19.9 Å². The molecule has 5 rings (SSSR count). The standard InChI is InChI=1S/C29H30N4O4S/c1-21(38-28-31-16-17-32-28)23-5-7-26(8-6-23)37-29(34)33-18-13-22(14-19-33)20-35-24-9-11-25(12-10-24)36-27-4-2-3-15-30-27/h2-12,15-17,21-22H,13-14,18-20H2,1H3,(H,31,32). The van der Waals surface area contributed by atoms with Crippen LogP contribution in [0.4, 0.5) is 4.79 Å². The number of nitrogens with one attached hydrogen (secondary N) is 1. The van der Waals surface area contributed by atoms with Crippen molar-refractivity contribution in [3.8, 4) is 23.1 Å².